The van der Waals surface area contributed by atoms with Crippen LogP contribution in [0.2, 0.25) is 0 Å². The fourth-order valence-corrected chi connectivity index (χ4v) is 2.81. The van der Waals surface area contributed by atoms with Gasteiger partial charge in [0.1, 0.15) is 0 Å². The molecule has 4 heteroatoms. The highest BCUT2D eigenvalue weighted by Crippen LogP contribution is 2.34. The van der Waals surface area contributed by atoms with Gasteiger partial charge >= 0.3 is 0 Å². The molecule has 0 saturated heterocycles. The van der Waals surface area contributed by atoms with Crippen LogP contribution in [0.1, 0.15) is 12.8 Å². The molecule has 1 aliphatic carbocycles. The van der Waals surface area contributed by atoms with Crippen molar-refractivity contribution < 1.29 is 0 Å². The molecule has 0 atom stereocenters. The lowest BCUT2D eigenvalue weighted by Gasteiger charge is -2.14. The van der Waals surface area contributed by atoms with Gasteiger partial charge in [0.2, 0.25) is 5.56 Å². The van der Waals surface area contributed by atoms with Gasteiger partial charge in [-0.15, -0.1) is 11.8 Å². The summed E-state index contributed by atoms with van der Waals surface area (Å²) in [6.07, 6.45) is 6.66. The minimum atomic E-state index is 0.0206. The molecule has 0 aliphatic heterocycles. The fraction of sp³-hybridized carbons (Fsp3) is 0.353. The number of rotatable bonds is 5. The van der Waals surface area contributed by atoms with Crippen molar-refractivity contribution in [2.75, 3.05) is 18.1 Å². The number of hydrogen-bond acceptors (Lipinski definition) is 3. The van der Waals surface area contributed by atoms with Crippen molar-refractivity contribution in [2.45, 2.75) is 17.7 Å². The molecule has 1 saturated carbocycles. The van der Waals surface area contributed by atoms with Crippen LogP contribution in [-0.2, 0) is 7.05 Å². The lowest BCUT2D eigenvalue weighted by molar-refractivity contribution is 0.862. The van der Waals surface area contributed by atoms with Crippen molar-refractivity contribution in [1.82, 2.24) is 4.57 Å². The van der Waals surface area contributed by atoms with Crippen molar-refractivity contribution in [3.05, 3.63) is 46.9 Å². The van der Waals surface area contributed by atoms with Gasteiger partial charge in [0, 0.05) is 47.6 Å². The Morgan fingerprint density at radius 2 is 2.10 bits per heavy atom. The topological polar surface area (TPSA) is 34.0 Å². The van der Waals surface area contributed by atoms with E-state index >= 15 is 0 Å². The summed E-state index contributed by atoms with van der Waals surface area (Å²) in [5.41, 5.74) is 3.41. The van der Waals surface area contributed by atoms with E-state index in [0.717, 1.165) is 29.3 Å². The Balaban J connectivity index is 1.99. The maximum Gasteiger partial charge on any atom is 0.250 e. The first-order valence-corrected chi connectivity index (χ1v) is 8.49. The minimum absolute atomic E-state index is 0.0206. The Kier molecular flexibility index (Phi) is 4.06. The first-order chi connectivity index (χ1) is 10.2. The normalized spacial score (nSPS) is 14.2. The number of hydrogen-bond donors (Lipinski definition) is 1. The van der Waals surface area contributed by atoms with Gasteiger partial charge in [0.05, 0.1) is 0 Å². The van der Waals surface area contributed by atoms with E-state index in [0.29, 0.717) is 0 Å². The average Bonchev–Trinajstić information content (AvgIpc) is 3.32. The maximum atomic E-state index is 11.6. The predicted octanol–water partition coefficient (Wildman–Crippen LogP) is 3.60. The van der Waals surface area contributed by atoms with Gasteiger partial charge in [-0.1, -0.05) is 0 Å². The molecule has 0 unspecified atom stereocenters. The number of thioether (sulfide) groups is 1. The summed E-state index contributed by atoms with van der Waals surface area (Å²) in [7, 11) is 1.79. The molecule has 2 aromatic rings. The summed E-state index contributed by atoms with van der Waals surface area (Å²) < 4.78 is 1.63. The molecule has 21 heavy (non-hydrogen) atoms. The number of pyridine rings is 1. The molecule has 1 aromatic carbocycles. The molecule has 0 bridgehead atoms. The minimum Gasteiger partial charge on any atom is -0.384 e. The molecule has 110 valence electrons. The third-order valence-electron chi connectivity index (χ3n) is 3.90. The summed E-state index contributed by atoms with van der Waals surface area (Å²) in [6, 6.07) is 10.0. The van der Waals surface area contributed by atoms with E-state index in [1.165, 1.54) is 17.7 Å². The number of aryl methyl sites for hydroxylation is 1. The SMILES string of the molecule is CSc1ccc(NCC2CC2)c(-c2ccc(=O)n(C)c2)c1. The summed E-state index contributed by atoms with van der Waals surface area (Å²) in [5, 5.41) is 3.56. The Morgan fingerprint density at radius 3 is 2.76 bits per heavy atom. The summed E-state index contributed by atoms with van der Waals surface area (Å²) in [6.45, 7) is 1.04. The number of benzene rings is 1. The summed E-state index contributed by atoms with van der Waals surface area (Å²) in [4.78, 5) is 12.8. The van der Waals surface area contributed by atoms with E-state index in [4.69, 9.17) is 0 Å². The molecule has 0 amide bonds. The zero-order valence-corrected chi connectivity index (χ0v) is 13.2. The van der Waals surface area contributed by atoms with E-state index in [-0.39, 0.29) is 5.56 Å². The molecule has 1 aliphatic rings. The number of nitrogens with zero attached hydrogens (tertiary/aromatic N) is 1. The first kappa shape index (κ1) is 14.3. The quantitative estimate of drug-likeness (QED) is 0.857. The van der Waals surface area contributed by atoms with Crippen LogP contribution < -0.4 is 10.9 Å². The molecule has 3 nitrogen and oxygen atoms in total. The smallest absolute Gasteiger partial charge is 0.250 e. The third kappa shape index (κ3) is 3.32. The second-order valence-electron chi connectivity index (χ2n) is 5.60. The Labute approximate surface area is 129 Å². The van der Waals surface area contributed by atoms with Crippen LogP contribution in [0.4, 0.5) is 5.69 Å². The van der Waals surface area contributed by atoms with Crippen molar-refractivity contribution in [3.63, 3.8) is 0 Å². The molecule has 3 rings (SSSR count). The van der Waals surface area contributed by atoms with E-state index in [1.54, 1.807) is 29.4 Å². The van der Waals surface area contributed by atoms with Gasteiger partial charge in [0.15, 0.2) is 0 Å². The largest absolute Gasteiger partial charge is 0.384 e. The lowest BCUT2D eigenvalue weighted by atomic mass is 10.1. The van der Waals surface area contributed by atoms with Crippen molar-refractivity contribution >= 4 is 17.4 Å². The zero-order valence-electron chi connectivity index (χ0n) is 12.4. The van der Waals surface area contributed by atoms with Crippen LogP contribution in [0.15, 0.2) is 46.2 Å². The molecular formula is C17H20N2OS. The predicted molar refractivity (Wildman–Crippen MR) is 90.1 cm³/mol. The van der Waals surface area contributed by atoms with Gasteiger partial charge < -0.3 is 9.88 Å². The highest BCUT2D eigenvalue weighted by Gasteiger charge is 2.21. The van der Waals surface area contributed by atoms with Gasteiger partial charge in [-0.2, -0.15) is 0 Å². The second kappa shape index (κ2) is 5.98. The van der Waals surface area contributed by atoms with Crippen molar-refractivity contribution in [1.29, 1.82) is 0 Å². The number of aromatic nitrogens is 1. The Bertz CT molecular complexity index is 704. The second-order valence-corrected chi connectivity index (χ2v) is 6.48. The first-order valence-electron chi connectivity index (χ1n) is 7.26. The zero-order chi connectivity index (χ0) is 14.8. The number of anilines is 1. The van der Waals surface area contributed by atoms with Gasteiger partial charge in [-0.25, -0.2) is 0 Å². The van der Waals surface area contributed by atoms with E-state index in [2.05, 4.69) is 29.8 Å². The van der Waals surface area contributed by atoms with E-state index in [1.807, 2.05) is 12.3 Å². The summed E-state index contributed by atoms with van der Waals surface area (Å²) >= 11 is 1.73. The molecule has 1 aromatic heterocycles. The van der Waals surface area contributed by atoms with E-state index in [9.17, 15) is 4.79 Å². The highest BCUT2D eigenvalue weighted by atomic mass is 32.2. The van der Waals surface area contributed by atoms with Crippen LogP contribution in [0.25, 0.3) is 11.1 Å². The standard InChI is InChI=1S/C17H20N2OS/c1-19-11-13(5-8-17(19)20)15-9-14(21-2)6-7-16(15)18-10-12-3-4-12/h5-9,11-12,18H,3-4,10H2,1-2H3. The van der Waals surface area contributed by atoms with Crippen molar-refractivity contribution in [2.24, 2.45) is 13.0 Å². The van der Waals surface area contributed by atoms with Gasteiger partial charge in [0.25, 0.3) is 0 Å². The Hall–Kier alpha value is -1.68. The van der Waals surface area contributed by atoms with Crippen LogP contribution in [0.5, 0.6) is 0 Å². The maximum absolute atomic E-state index is 11.6. The fourth-order valence-electron chi connectivity index (χ4n) is 2.37. The molecule has 0 radical (unpaired) electrons. The van der Waals surface area contributed by atoms with Gasteiger partial charge in [-0.3, -0.25) is 4.79 Å². The van der Waals surface area contributed by atoms with Crippen LogP contribution in [0.3, 0.4) is 0 Å². The van der Waals surface area contributed by atoms with Crippen LogP contribution in [0, 0.1) is 5.92 Å². The molecule has 1 fully saturated rings. The average molecular weight is 300 g/mol. The monoisotopic (exact) mass is 300 g/mol. The van der Waals surface area contributed by atoms with Crippen LogP contribution in [-0.4, -0.2) is 17.4 Å². The highest BCUT2D eigenvalue weighted by molar-refractivity contribution is 7.98. The molecule has 1 N–H and O–H groups in total. The summed E-state index contributed by atoms with van der Waals surface area (Å²) in [5.74, 6) is 0.832. The third-order valence-corrected chi connectivity index (χ3v) is 4.63. The van der Waals surface area contributed by atoms with E-state index < -0.39 is 0 Å². The van der Waals surface area contributed by atoms with Crippen molar-refractivity contribution in [3.8, 4) is 11.1 Å². The molecular weight excluding hydrogens is 280 g/mol. The molecule has 0 spiro atoms. The van der Waals surface area contributed by atoms with Gasteiger partial charge in [-0.05, 0) is 49.3 Å². The lowest BCUT2D eigenvalue weighted by Crippen LogP contribution is -2.14. The Morgan fingerprint density at radius 1 is 1.29 bits per heavy atom. The number of nitrogens with one attached hydrogen (secondary N) is 1. The molecule has 1 heterocycles. The van der Waals surface area contributed by atoms with Crippen LogP contribution >= 0.6 is 11.8 Å².